The van der Waals surface area contributed by atoms with E-state index in [4.69, 9.17) is 9.84 Å². The third-order valence-electron chi connectivity index (χ3n) is 5.57. The average Bonchev–Trinajstić information content (AvgIpc) is 2.69. The van der Waals surface area contributed by atoms with E-state index in [-0.39, 0.29) is 18.7 Å². The number of aliphatic hydroxyl groups is 1. The molecule has 0 fully saturated rings. The quantitative estimate of drug-likeness (QED) is 0.150. The molecule has 0 aliphatic carbocycles. The molecule has 168 valence electrons. The maximum Gasteiger partial charge on any atom is 0.306 e. The summed E-state index contributed by atoms with van der Waals surface area (Å²) in [5, 5.41) is 8.84. The normalized spacial score (nSPS) is 12.2. The van der Waals surface area contributed by atoms with Gasteiger partial charge in [-0.25, -0.2) is 0 Å². The molecule has 0 aromatic carbocycles. The van der Waals surface area contributed by atoms with Crippen molar-refractivity contribution in [2.45, 2.75) is 148 Å². The molecule has 0 aliphatic rings. The minimum atomic E-state index is -0.368. The first kappa shape index (κ1) is 27.4. The van der Waals surface area contributed by atoms with Gasteiger partial charge >= 0.3 is 5.97 Å². The van der Waals surface area contributed by atoms with Gasteiger partial charge in [0.15, 0.2) is 0 Å². The number of aliphatic hydroxyl groups excluding tert-OH is 1. The lowest BCUT2D eigenvalue weighted by atomic mass is 10.0. The predicted octanol–water partition coefficient (Wildman–Crippen LogP) is 7.73. The Morgan fingerprint density at radius 1 is 0.643 bits per heavy atom. The van der Waals surface area contributed by atoms with Crippen LogP contribution in [0.4, 0.5) is 0 Å². The summed E-state index contributed by atoms with van der Waals surface area (Å²) in [7, 11) is 0. The minimum absolute atomic E-state index is 0.0923. The second-order valence-electron chi connectivity index (χ2n) is 8.60. The Hall–Kier alpha value is -0.570. The van der Waals surface area contributed by atoms with E-state index in [0.29, 0.717) is 6.42 Å². The van der Waals surface area contributed by atoms with Gasteiger partial charge in [0.05, 0.1) is 6.61 Å². The van der Waals surface area contributed by atoms with Gasteiger partial charge in [-0.1, -0.05) is 122 Å². The van der Waals surface area contributed by atoms with Crippen LogP contribution in [0.1, 0.15) is 142 Å². The largest absolute Gasteiger partial charge is 0.460 e. The lowest BCUT2D eigenvalue weighted by Gasteiger charge is -2.09. The summed E-state index contributed by atoms with van der Waals surface area (Å²) in [6.07, 6.45) is 25.9. The van der Waals surface area contributed by atoms with Crippen LogP contribution in [0, 0.1) is 0 Å². The smallest absolute Gasteiger partial charge is 0.306 e. The Morgan fingerprint density at radius 3 is 1.29 bits per heavy atom. The summed E-state index contributed by atoms with van der Waals surface area (Å²) < 4.78 is 5.05. The highest BCUT2D eigenvalue weighted by molar-refractivity contribution is 5.69. The summed E-state index contributed by atoms with van der Waals surface area (Å²) in [5.41, 5.74) is 0. The van der Waals surface area contributed by atoms with Crippen LogP contribution in [0.15, 0.2) is 0 Å². The van der Waals surface area contributed by atoms with Crippen molar-refractivity contribution in [2.75, 3.05) is 6.61 Å². The van der Waals surface area contributed by atoms with Gasteiger partial charge in [0, 0.05) is 6.42 Å². The fourth-order valence-corrected chi connectivity index (χ4v) is 3.67. The molecule has 0 bridgehead atoms. The summed E-state index contributed by atoms with van der Waals surface area (Å²) in [6.45, 7) is 3.91. The number of hydrogen-bond acceptors (Lipinski definition) is 3. The first-order chi connectivity index (χ1) is 13.7. The summed E-state index contributed by atoms with van der Waals surface area (Å²) in [6, 6.07) is 0. The highest BCUT2D eigenvalue weighted by Crippen LogP contribution is 2.15. The van der Waals surface area contributed by atoms with Crippen molar-refractivity contribution in [1.29, 1.82) is 0 Å². The number of ether oxygens (including phenoxy) is 1. The minimum Gasteiger partial charge on any atom is -0.460 e. The van der Waals surface area contributed by atoms with Crippen molar-refractivity contribution < 1.29 is 14.6 Å². The molecule has 0 amide bonds. The van der Waals surface area contributed by atoms with Crippen LogP contribution in [0.3, 0.4) is 0 Å². The third-order valence-corrected chi connectivity index (χ3v) is 5.57. The van der Waals surface area contributed by atoms with Crippen LogP contribution in [-0.2, 0) is 9.53 Å². The first-order valence-electron chi connectivity index (χ1n) is 12.5. The van der Waals surface area contributed by atoms with Crippen molar-refractivity contribution in [3.05, 3.63) is 0 Å². The van der Waals surface area contributed by atoms with Crippen LogP contribution in [0.25, 0.3) is 0 Å². The fraction of sp³-hybridized carbons (Fsp3) is 0.960. The zero-order valence-corrected chi connectivity index (χ0v) is 19.2. The summed E-state index contributed by atoms with van der Waals surface area (Å²) in [5.74, 6) is -0.173. The average molecular weight is 399 g/mol. The topological polar surface area (TPSA) is 46.5 Å². The molecule has 0 rings (SSSR count). The summed E-state index contributed by atoms with van der Waals surface area (Å²) >= 11 is 0. The van der Waals surface area contributed by atoms with Gasteiger partial charge in [0.1, 0.15) is 6.10 Å². The molecular weight excluding hydrogens is 348 g/mol. The van der Waals surface area contributed by atoms with Crippen LogP contribution >= 0.6 is 0 Å². The van der Waals surface area contributed by atoms with Crippen molar-refractivity contribution in [1.82, 2.24) is 0 Å². The second kappa shape index (κ2) is 22.7. The van der Waals surface area contributed by atoms with Crippen molar-refractivity contribution in [2.24, 2.45) is 0 Å². The van der Waals surface area contributed by atoms with E-state index in [1.54, 1.807) is 6.92 Å². The van der Waals surface area contributed by atoms with E-state index < -0.39 is 0 Å². The van der Waals surface area contributed by atoms with Gasteiger partial charge in [0.25, 0.3) is 0 Å². The van der Waals surface area contributed by atoms with Gasteiger partial charge in [-0.05, 0) is 13.3 Å². The van der Waals surface area contributed by atoms with Crippen LogP contribution < -0.4 is 0 Å². The maximum atomic E-state index is 11.5. The van der Waals surface area contributed by atoms with Gasteiger partial charge < -0.3 is 9.84 Å². The zero-order chi connectivity index (χ0) is 20.7. The van der Waals surface area contributed by atoms with E-state index in [2.05, 4.69) is 6.92 Å². The van der Waals surface area contributed by atoms with E-state index >= 15 is 0 Å². The monoisotopic (exact) mass is 398 g/mol. The van der Waals surface area contributed by atoms with Crippen molar-refractivity contribution in [3.8, 4) is 0 Å². The standard InChI is InChI=1S/C25H50O3/c1-3-4-5-6-7-8-9-10-11-12-13-14-15-16-17-18-19-20-21-22-25(27)28-24(2)23-26/h24,26H,3-23H2,1-2H3. The van der Waals surface area contributed by atoms with Crippen molar-refractivity contribution >= 4 is 5.97 Å². The number of carbonyl (C=O) groups excluding carboxylic acids is 1. The number of rotatable bonds is 22. The molecule has 0 aromatic heterocycles. The maximum absolute atomic E-state index is 11.5. The first-order valence-corrected chi connectivity index (χ1v) is 12.5. The highest BCUT2D eigenvalue weighted by Gasteiger charge is 2.07. The number of esters is 1. The lowest BCUT2D eigenvalue weighted by molar-refractivity contribution is -0.150. The molecule has 0 saturated carbocycles. The van der Waals surface area contributed by atoms with Gasteiger partial charge in [0.2, 0.25) is 0 Å². The zero-order valence-electron chi connectivity index (χ0n) is 19.2. The third kappa shape index (κ3) is 21.7. The molecule has 0 heterocycles. The molecule has 0 spiro atoms. The Labute approximate surface area is 176 Å². The summed E-state index contributed by atoms with van der Waals surface area (Å²) in [4.78, 5) is 11.5. The molecule has 28 heavy (non-hydrogen) atoms. The van der Waals surface area contributed by atoms with Crippen LogP contribution in [0.2, 0.25) is 0 Å². The van der Waals surface area contributed by atoms with E-state index in [1.165, 1.54) is 109 Å². The predicted molar refractivity (Wildman–Crippen MR) is 121 cm³/mol. The molecular formula is C25H50O3. The molecule has 0 saturated heterocycles. The molecule has 0 radical (unpaired) electrons. The van der Waals surface area contributed by atoms with E-state index in [0.717, 1.165) is 12.8 Å². The Bertz CT molecular complexity index is 317. The molecule has 1 N–H and O–H groups in total. The molecule has 3 heteroatoms. The van der Waals surface area contributed by atoms with Crippen molar-refractivity contribution in [3.63, 3.8) is 0 Å². The number of carbonyl (C=O) groups is 1. The van der Waals surface area contributed by atoms with Gasteiger partial charge in [-0.3, -0.25) is 4.79 Å². The molecule has 0 aliphatic heterocycles. The molecule has 3 nitrogen and oxygen atoms in total. The van der Waals surface area contributed by atoms with Crippen LogP contribution in [0.5, 0.6) is 0 Å². The number of unbranched alkanes of at least 4 members (excludes halogenated alkanes) is 18. The van der Waals surface area contributed by atoms with E-state index in [9.17, 15) is 4.79 Å². The van der Waals surface area contributed by atoms with Gasteiger partial charge in [-0.15, -0.1) is 0 Å². The van der Waals surface area contributed by atoms with Gasteiger partial charge in [-0.2, -0.15) is 0 Å². The second-order valence-corrected chi connectivity index (χ2v) is 8.60. The van der Waals surface area contributed by atoms with Crippen LogP contribution in [-0.4, -0.2) is 23.8 Å². The molecule has 1 atom stereocenters. The molecule has 0 aromatic rings. The lowest BCUT2D eigenvalue weighted by Crippen LogP contribution is -2.18. The highest BCUT2D eigenvalue weighted by atomic mass is 16.5. The van der Waals surface area contributed by atoms with E-state index in [1.807, 2.05) is 0 Å². The Kier molecular flexibility index (Phi) is 22.3. The Balaban J connectivity index is 3.09. The fourth-order valence-electron chi connectivity index (χ4n) is 3.67. The Morgan fingerprint density at radius 2 is 0.964 bits per heavy atom. The molecule has 1 unspecified atom stereocenters. The SMILES string of the molecule is CCCCCCCCCCCCCCCCCCCCCC(=O)OC(C)CO. The number of hydrogen-bond donors (Lipinski definition) is 1.